The Bertz CT molecular complexity index is 308. The lowest BCUT2D eigenvalue weighted by molar-refractivity contribution is -0.127. The highest BCUT2D eigenvalue weighted by molar-refractivity contribution is 5.79. The van der Waals surface area contributed by atoms with Gasteiger partial charge < -0.3 is 15.4 Å². The number of rotatable bonds is 2. The number of ether oxygens (including phenoxy) is 1. The van der Waals surface area contributed by atoms with E-state index in [4.69, 9.17) is 4.74 Å². The fraction of sp³-hybridized carbons (Fsp3) is 0.923. The van der Waals surface area contributed by atoms with Crippen molar-refractivity contribution in [1.82, 2.24) is 10.6 Å². The summed E-state index contributed by atoms with van der Waals surface area (Å²) in [4.78, 5) is 12.2. The Labute approximate surface area is 102 Å². The molecule has 5 unspecified atom stereocenters. The van der Waals surface area contributed by atoms with E-state index >= 15 is 0 Å². The van der Waals surface area contributed by atoms with Crippen molar-refractivity contribution in [1.29, 1.82) is 0 Å². The first-order valence-electron chi connectivity index (χ1n) is 6.89. The maximum absolute atomic E-state index is 12.2. The molecule has 5 atom stereocenters. The topological polar surface area (TPSA) is 50.4 Å². The minimum absolute atomic E-state index is 0.151. The van der Waals surface area contributed by atoms with Crippen LogP contribution in [0.4, 0.5) is 0 Å². The minimum atomic E-state index is 0.151. The summed E-state index contributed by atoms with van der Waals surface area (Å²) in [5.41, 5.74) is 0. The molecule has 0 saturated carbocycles. The van der Waals surface area contributed by atoms with Gasteiger partial charge in [0.05, 0.1) is 24.2 Å². The van der Waals surface area contributed by atoms with Crippen LogP contribution in [0.1, 0.15) is 32.6 Å². The lowest BCUT2D eigenvalue weighted by Crippen LogP contribution is -2.48. The fourth-order valence-corrected chi connectivity index (χ4v) is 3.45. The van der Waals surface area contributed by atoms with Gasteiger partial charge in [0.25, 0.3) is 0 Å². The highest BCUT2D eigenvalue weighted by Gasteiger charge is 2.42. The normalized spacial score (nSPS) is 44.9. The molecular formula is C13H22N2O2. The SMILES string of the molecule is CC1CNCC(C(=O)NC2CC3CCC2O3)C1. The molecule has 0 aromatic heterocycles. The third kappa shape index (κ3) is 2.33. The number of amides is 1. The standard InChI is InChI=1S/C13H22N2O2/c1-8-4-9(7-14-6-8)13(16)15-11-5-10-2-3-12(11)17-10/h8-12,14H,2-7H2,1H3,(H,15,16). The first kappa shape index (κ1) is 11.5. The van der Waals surface area contributed by atoms with Crippen molar-refractivity contribution in [3.05, 3.63) is 0 Å². The van der Waals surface area contributed by atoms with E-state index in [9.17, 15) is 4.79 Å². The molecule has 4 nitrogen and oxygen atoms in total. The third-order valence-electron chi connectivity index (χ3n) is 4.37. The molecule has 3 saturated heterocycles. The summed E-state index contributed by atoms with van der Waals surface area (Å²) in [6.07, 6.45) is 5.03. The van der Waals surface area contributed by atoms with E-state index < -0.39 is 0 Å². The summed E-state index contributed by atoms with van der Waals surface area (Å²) in [6, 6.07) is 0.276. The molecule has 0 radical (unpaired) electrons. The maximum Gasteiger partial charge on any atom is 0.224 e. The van der Waals surface area contributed by atoms with Crippen LogP contribution in [0.25, 0.3) is 0 Å². The van der Waals surface area contributed by atoms with E-state index in [1.807, 2.05) is 0 Å². The molecule has 96 valence electrons. The van der Waals surface area contributed by atoms with Gasteiger partial charge in [0, 0.05) is 6.54 Å². The second kappa shape index (κ2) is 4.58. The Morgan fingerprint density at radius 1 is 1.29 bits per heavy atom. The zero-order chi connectivity index (χ0) is 11.8. The molecular weight excluding hydrogens is 216 g/mol. The zero-order valence-electron chi connectivity index (χ0n) is 10.4. The van der Waals surface area contributed by atoms with Crippen molar-refractivity contribution >= 4 is 5.91 Å². The van der Waals surface area contributed by atoms with Gasteiger partial charge in [-0.25, -0.2) is 0 Å². The van der Waals surface area contributed by atoms with Crippen molar-refractivity contribution in [2.24, 2.45) is 11.8 Å². The quantitative estimate of drug-likeness (QED) is 0.743. The average molecular weight is 238 g/mol. The second-order valence-corrected chi connectivity index (χ2v) is 5.92. The summed E-state index contributed by atoms with van der Waals surface area (Å²) >= 11 is 0. The first-order valence-corrected chi connectivity index (χ1v) is 6.89. The third-order valence-corrected chi connectivity index (χ3v) is 4.37. The number of carbonyl (C=O) groups is 1. The van der Waals surface area contributed by atoms with Gasteiger partial charge in [-0.1, -0.05) is 6.92 Å². The van der Waals surface area contributed by atoms with Gasteiger partial charge >= 0.3 is 0 Å². The first-order chi connectivity index (χ1) is 8.22. The van der Waals surface area contributed by atoms with Crippen LogP contribution < -0.4 is 10.6 Å². The maximum atomic E-state index is 12.2. The minimum Gasteiger partial charge on any atom is -0.373 e. The number of fused-ring (bicyclic) bond motifs is 2. The van der Waals surface area contributed by atoms with E-state index in [1.54, 1.807) is 0 Å². The summed E-state index contributed by atoms with van der Waals surface area (Å²) < 4.78 is 5.76. The van der Waals surface area contributed by atoms with Crippen molar-refractivity contribution in [3.63, 3.8) is 0 Å². The summed E-state index contributed by atoms with van der Waals surface area (Å²) in [6.45, 7) is 4.08. The van der Waals surface area contributed by atoms with Crippen LogP contribution in [0.2, 0.25) is 0 Å². The lowest BCUT2D eigenvalue weighted by atomic mass is 9.90. The molecule has 3 fully saturated rings. The van der Waals surface area contributed by atoms with Crippen LogP contribution >= 0.6 is 0 Å². The molecule has 0 aromatic rings. The number of piperidine rings is 1. The van der Waals surface area contributed by atoms with Crippen LogP contribution in [-0.2, 0) is 9.53 Å². The Hall–Kier alpha value is -0.610. The monoisotopic (exact) mass is 238 g/mol. The molecule has 3 aliphatic heterocycles. The van der Waals surface area contributed by atoms with Crippen LogP contribution in [0.3, 0.4) is 0 Å². The molecule has 0 spiro atoms. The molecule has 3 heterocycles. The van der Waals surface area contributed by atoms with Crippen molar-refractivity contribution in [3.8, 4) is 0 Å². The number of carbonyl (C=O) groups excluding carboxylic acids is 1. The molecule has 3 rings (SSSR count). The number of hydrogen-bond acceptors (Lipinski definition) is 3. The molecule has 17 heavy (non-hydrogen) atoms. The Kier molecular flexibility index (Phi) is 3.09. The zero-order valence-corrected chi connectivity index (χ0v) is 10.4. The second-order valence-electron chi connectivity index (χ2n) is 5.92. The Balaban J connectivity index is 1.53. The van der Waals surface area contributed by atoms with Crippen molar-refractivity contribution in [2.45, 2.75) is 50.9 Å². The van der Waals surface area contributed by atoms with Crippen molar-refractivity contribution < 1.29 is 9.53 Å². The largest absolute Gasteiger partial charge is 0.373 e. The van der Waals surface area contributed by atoms with Crippen LogP contribution in [0.5, 0.6) is 0 Å². The summed E-state index contributed by atoms with van der Waals surface area (Å²) in [7, 11) is 0. The van der Waals surface area contributed by atoms with Gasteiger partial charge in [0.15, 0.2) is 0 Å². The lowest BCUT2D eigenvalue weighted by Gasteiger charge is -2.29. The Morgan fingerprint density at radius 3 is 2.82 bits per heavy atom. The molecule has 2 bridgehead atoms. The summed E-state index contributed by atoms with van der Waals surface area (Å²) in [5, 5.41) is 6.53. The molecule has 0 aliphatic carbocycles. The smallest absolute Gasteiger partial charge is 0.224 e. The molecule has 1 amide bonds. The van der Waals surface area contributed by atoms with Gasteiger partial charge in [0.1, 0.15) is 0 Å². The predicted octanol–water partition coefficient (Wildman–Crippen LogP) is 0.668. The fourth-order valence-electron chi connectivity index (χ4n) is 3.45. The molecule has 0 aromatic carbocycles. The van der Waals surface area contributed by atoms with E-state index in [0.717, 1.165) is 32.4 Å². The molecule has 2 N–H and O–H groups in total. The summed E-state index contributed by atoms with van der Waals surface area (Å²) in [5.74, 6) is 0.985. The molecule has 4 heteroatoms. The van der Waals surface area contributed by atoms with Crippen molar-refractivity contribution in [2.75, 3.05) is 13.1 Å². The van der Waals surface area contributed by atoms with Gasteiger partial charge in [-0.2, -0.15) is 0 Å². The van der Waals surface area contributed by atoms with Gasteiger partial charge in [-0.05, 0) is 38.1 Å². The van der Waals surface area contributed by atoms with Crippen LogP contribution in [0.15, 0.2) is 0 Å². The number of nitrogens with one attached hydrogen (secondary N) is 2. The van der Waals surface area contributed by atoms with Crippen LogP contribution in [0, 0.1) is 11.8 Å². The van der Waals surface area contributed by atoms with E-state index in [0.29, 0.717) is 12.0 Å². The van der Waals surface area contributed by atoms with Gasteiger partial charge in [-0.15, -0.1) is 0 Å². The van der Waals surface area contributed by atoms with E-state index in [1.165, 1.54) is 6.42 Å². The predicted molar refractivity (Wildman–Crippen MR) is 64.6 cm³/mol. The average Bonchev–Trinajstić information content (AvgIpc) is 2.91. The Morgan fingerprint density at radius 2 is 2.18 bits per heavy atom. The van der Waals surface area contributed by atoms with E-state index in [-0.39, 0.29) is 24.0 Å². The highest BCUT2D eigenvalue weighted by atomic mass is 16.5. The van der Waals surface area contributed by atoms with Crippen LogP contribution in [-0.4, -0.2) is 37.2 Å². The number of hydrogen-bond donors (Lipinski definition) is 2. The van der Waals surface area contributed by atoms with Gasteiger partial charge in [0.2, 0.25) is 5.91 Å². The highest BCUT2D eigenvalue weighted by Crippen LogP contribution is 2.34. The van der Waals surface area contributed by atoms with E-state index in [2.05, 4.69) is 17.6 Å². The van der Waals surface area contributed by atoms with Gasteiger partial charge in [-0.3, -0.25) is 4.79 Å². The molecule has 3 aliphatic rings.